The molecule has 122 valence electrons. The van der Waals surface area contributed by atoms with E-state index >= 15 is 0 Å². The van der Waals surface area contributed by atoms with Crippen LogP contribution in [0.3, 0.4) is 0 Å². The van der Waals surface area contributed by atoms with Crippen molar-refractivity contribution < 1.29 is 23.1 Å². The lowest BCUT2D eigenvalue weighted by molar-refractivity contribution is -0.187. The molecule has 23 heavy (non-hydrogen) atoms. The van der Waals surface area contributed by atoms with Gasteiger partial charge >= 0.3 is 12.1 Å². The Balaban J connectivity index is 2.05. The third-order valence-electron chi connectivity index (χ3n) is 4.22. The maximum absolute atomic E-state index is 13.2. The van der Waals surface area contributed by atoms with Gasteiger partial charge in [0.2, 0.25) is 0 Å². The number of fused-ring (bicyclic) bond motifs is 1. The smallest absolute Gasteiger partial charge is 0.394 e. The van der Waals surface area contributed by atoms with Gasteiger partial charge in [-0.15, -0.1) is 0 Å². The van der Waals surface area contributed by atoms with Crippen LogP contribution in [0.5, 0.6) is 0 Å². The number of halogens is 3. The van der Waals surface area contributed by atoms with E-state index in [1.54, 1.807) is 37.3 Å². The number of pyridine rings is 1. The lowest BCUT2D eigenvalue weighted by Gasteiger charge is -2.21. The normalized spacial score (nSPS) is 21.8. The second-order valence-corrected chi connectivity index (χ2v) is 5.80. The molecule has 0 bridgehead atoms. The van der Waals surface area contributed by atoms with E-state index in [0.29, 0.717) is 16.9 Å². The topological polar surface area (TPSA) is 53.4 Å². The molecule has 3 rings (SSSR count). The van der Waals surface area contributed by atoms with E-state index in [4.69, 9.17) is 5.11 Å². The van der Waals surface area contributed by atoms with E-state index in [9.17, 15) is 18.0 Å². The summed E-state index contributed by atoms with van der Waals surface area (Å²) in [4.78, 5) is 17.1. The Morgan fingerprint density at radius 3 is 2.61 bits per heavy atom. The summed E-state index contributed by atoms with van der Waals surface area (Å²) >= 11 is 0. The molecule has 0 aliphatic carbocycles. The van der Waals surface area contributed by atoms with Gasteiger partial charge in [-0.05, 0) is 19.1 Å². The Morgan fingerprint density at radius 2 is 2.00 bits per heavy atom. The monoisotopic (exact) mass is 324 g/mol. The number of para-hydroxylation sites is 1. The average Bonchev–Trinajstić information content (AvgIpc) is 2.91. The molecule has 0 saturated carbocycles. The number of aliphatic carboxylic acids is 1. The highest BCUT2D eigenvalue weighted by molar-refractivity contribution is 5.92. The van der Waals surface area contributed by atoms with Gasteiger partial charge < -0.3 is 10.0 Å². The summed E-state index contributed by atoms with van der Waals surface area (Å²) in [5.74, 6) is -4.74. The second kappa shape index (κ2) is 5.40. The number of anilines is 1. The van der Waals surface area contributed by atoms with Gasteiger partial charge in [0.25, 0.3) is 0 Å². The molecular weight excluding hydrogens is 309 g/mol. The number of aryl methyl sites for hydroxylation is 1. The molecule has 0 spiro atoms. The van der Waals surface area contributed by atoms with Crippen LogP contribution in [0.1, 0.15) is 5.69 Å². The minimum absolute atomic E-state index is 0.160. The fraction of sp³-hybridized carbons (Fsp3) is 0.375. The molecule has 1 aromatic heterocycles. The summed E-state index contributed by atoms with van der Waals surface area (Å²) in [7, 11) is 0. The average molecular weight is 324 g/mol. The van der Waals surface area contributed by atoms with Crippen LogP contribution in [0.15, 0.2) is 30.3 Å². The summed E-state index contributed by atoms with van der Waals surface area (Å²) in [5, 5.41) is 9.87. The van der Waals surface area contributed by atoms with Gasteiger partial charge in [-0.2, -0.15) is 13.2 Å². The molecule has 7 heteroatoms. The van der Waals surface area contributed by atoms with Crippen molar-refractivity contribution in [2.45, 2.75) is 13.1 Å². The first-order valence-electron chi connectivity index (χ1n) is 7.18. The highest BCUT2D eigenvalue weighted by atomic mass is 19.4. The predicted octanol–water partition coefficient (Wildman–Crippen LogP) is 3.24. The van der Waals surface area contributed by atoms with Gasteiger partial charge in [-0.3, -0.25) is 9.78 Å². The zero-order valence-electron chi connectivity index (χ0n) is 12.3. The van der Waals surface area contributed by atoms with Crippen LogP contribution >= 0.6 is 0 Å². The summed E-state index contributed by atoms with van der Waals surface area (Å²) in [6.07, 6.45) is -4.53. The van der Waals surface area contributed by atoms with E-state index in [1.807, 2.05) is 0 Å². The minimum Gasteiger partial charge on any atom is -0.481 e. The van der Waals surface area contributed by atoms with Crippen LogP contribution in [-0.4, -0.2) is 35.3 Å². The molecule has 1 saturated heterocycles. The van der Waals surface area contributed by atoms with Crippen molar-refractivity contribution >= 4 is 22.6 Å². The molecule has 0 amide bonds. The number of carboxylic acid groups (broad SMARTS) is 1. The molecule has 1 aliphatic heterocycles. The first-order chi connectivity index (χ1) is 10.8. The van der Waals surface area contributed by atoms with Crippen LogP contribution in [-0.2, 0) is 4.79 Å². The number of hydrogen-bond acceptors (Lipinski definition) is 3. The summed E-state index contributed by atoms with van der Waals surface area (Å²) < 4.78 is 39.5. The molecule has 1 fully saturated rings. The van der Waals surface area contributed by atoms with Crippen molar-refractivity contribution in [1.82, 2.24) is 4.98 Å². The number of benzene rings is 1. The van der Waals surface area contributed by atoms with E-state index in [-0.39, 0.29) is 13.1 Å². The van der Waals surface area contributed by atoms with Crippen LogP contribution in [0.2, 0.25) is 0 Å². The van der Waals surface area contributed by atoms with Gasteiger partial charge in [0.05, 0.1) is 17.4 Å². The predicted molar refractivity (Wildman–Crippen MR) is 79.4 cm³/mol. The Labute approximate surface area is 130 Å². The van der Waals surface area contributed by atoms with Crippen molar-refractivity contribution in [1.29, 1.82) is 0 Å². The number of alkyl halides is 3. The summed E-state index contributed by atoms with van der Waals surface area (Å²) in [5.41, 5.74) is 1.97. The molecular formula is C16H15F3N2O2. The lowest BCUT2D eigenvalue weighted by atomic mass is 9.96. The van der Waals surface area contributed by atoms with Gasteiger partial charge in [0.1, 0.15) is 0 Å². The summed E-state index contributed by atoms with van der Waals surface area (Å²) in [6.45, 7) is 1.25. The highest BCUT2D eigenvalue weighted by Gasteiger charge is 2.52. The Morgan fingerprint density at radius 1 is 1.30 bits per heavy atom. The summed E-state index contributed by atoms with van der Waals surface area (Å²) in [6, 6.07) is 8.88. The number of carboxylic acids is 1. The van der Waals surface area contributed by atoms with Crippen molar-refractivity contribution in [3.63, 3.8) is 0 Å². The third-order valence-corrected chi connectivity index (χ3v) is 4.22. The maximum Gasteiger partial charge on any atom is 0.394 e. The van der Waals surface area contributed by atoms with Crippen LogP contribution < -0.4 is 4.90 Å². The first-order valence-corrected chi connectivity index (χ1v) is 7.18. The number of nitrogens with zero attached hydrogens (tertiary/aromatic N) is 2. The Kier molecular flexibility index (Phi) is 3.66. The number of carbonyl (C=O) groups is 1. The largest absolute Gasteiger partial charge is 0.481 e. The van der Waals surface area contributed by atoms with Crippen LogP contribution in [0.4, 0.5) is 18.9 Å². The van der Waals surface area contributed by atoms with Crippen molar-refractivity contribution in [3.8, 4) is 0 Å². The fourth-order valence-electron chi connectivity index (χ4n) is 3.13. The minimum atomic E-state index is -4.53. The quantitative estimate of drug-likeness (QED) is 0.921. The molecule has 1 N–H and O–H groups in total. The van der Waals surface area contributed by atoms with Gasteiger partial charge in [0, 0.05) is 29.9 Å². The SMILES string of the molecule is Cc1cc(N2C[C@@H](C(F)(F)F)[C@H](C(=O)O)C2)c2ccccc2n1. The van der Waals surface area contributed by atoms with Crippen molar-refractivity contribution in [2.75, 3.05) is 18.0 Å². The second-order valence-electron chi connectivity index (χ2n) is 5.80. The van der Waals surface area contributed by atoms with Crippen LogP contribution in [0.25, 0.3) is 10.9 Å². The van der Waals surface area contributed by atoms with Gasteiger partial charge in [-0.25, -0.2) is 0 Å². The molecule has 1 aromatic carbocycles. The zero-order chi connectivity index (χ0) is 16.8. The highest BCUT2D eigenvalue weighted by Crippen LogP contribution is 2.40. The van der Waals surface area contributed by atoms with Gasteiger partial charge in [-0.1, -0.05) is 18.2 Å². The zero-order valence-corrected chi connectivity index (χ0v) is 12.3. The number of hydrogen-bond donors (Lipinski definition) is 1. The molecule has 0 unspecified atom stereocenters. The lowest BCUT2D eigenvalue weighted by Crippen LogP contribution is -2.33. The Hall–Kier alpha value is -2.31. The standard InChI is InChI=1S/C16H15F3N2O2/c1-9-6-14(10-4-2-3-5-13(10)20-9)21-7-11(15(22)23)12(8-21)16(17,18)19/h2-6,11-12H,7-8H2,1H3,(H,22,23)/t11-,12-/m1/s1. The first kappa shape index (κ1) is 15.6. The third kappa shape index (κ3) is 2.83. The van der Waals surface area contributed by atoms with E-state index in [2.05, 4.69) is 4.98 Å². The fourth-order valence-corrected chi connectivity index (χ4v) is 3.13. The molecule has 1 aliphatic rings. The van der Waals surface area contributed by atoms with Crippen LogP contribution in [0, 0.1) is 18.8 Å². The number of rotatable bonds is 2. The Bertz CT molecular complexity index is 761. The van der Waals surface area contributed by atoms with E-state index < -0.39 is 24.0 Å². The van der Waals surface area contributed by atoms with Crippen molar-refractivity contribution in [2.24, 2.45) is 11.8 Å². The molecule has 2 atom stereocenters. The maximum atomic E-state index is 13.2. The van der Waals surface area contributed by atoms with Crippen molar-refractivity contribution in [3.05, 3.63) is 36.0 Å². The molecule has 0 radical (unpaired) electrons. The molecule has 4 nitrogen and oxygen atoms in total. The van der Waals surface area contributed by atoms with E-state index in [0.717, 1.165) is 5.39 Å². The van der Waals surface area contributed by atoms with Gasteiger partial charge in [0.15, 0.2) is 0 Å². The molecule has 2 aromatic rings. The van der Waals surface area contributed by atoms with E-state index in [1.165, 1.54) is 4.90 Å². The molecule has 2 heterocycles. The number of aromatic nitrogens is 1.